The highest BCUT2D eigenvalue weighted by atomic mass is 79.9. The zero-order valence-electron chi connectivity index (χ0n) is 12.4. The van der Waals surface area contributed by atoms with E-state index in [0.29, 0.717) is 5.56 Å². The number of hydrogen-bond donors (Lipinski definition) is 1. The number of non-ortho nitro benzene ring substituents is 1. The molecule has 0 saturated carbocycles. The van der Waals surface area contributed by atoms with Crippen LogP contribution in [0.3, 0.4) is 0 Å². The normalized spacial score (nSPS) is 11.5. The maximum Gasteiger partial charge on any atom is 0.417 e. The third-order valence-corrected chi connectivity index (χ3v) is 3.76. The van der Waals surface area contributed by atoms with Crippen molar-refractivity contribution in [3.63, 3.8) is 0 Å². The molecule has 130 valence electrons. The van der Waals surface area contributed by atoms with Gasteiger partial charge in [0.15, 0.2) is 0 Å². The van der Waals surface area contributed by atoms with Crippen LogP contribution in [0.4, 0.5) is 24.5 Å². The SMILES string of the molecule is O=C(/C=C/c1ccc([N+](=O)[O-])cc1)Nc1ccc(Br)c(C(F)(F)F)c1. The molecule has 0 aliphatic carbocycles. The van der Waals surface area contributed by atoms with Crippen LogP contribution in [0.5, 0.6) is 0 Å². The molecule has 0 aliphatic rings. The minimum Gasteiger partial charge on any atom is -0.322 e. The predicted octanol–water partition coefficient (Wildman–Crippen LogP) is 5.03. The van der Waals surface area contributed by atoms with Crippen molar-refractivity contribution >= 4 is 39.3 Å². The topological polar surface area (TPSA) is 72.2 Å². The van der Waals surface area contributed by atoms with Crippen molar-refractivity contribution in [3.05, 3.63) is 74.3 Å². The molecule has 0 spiro atoms. The van der Waals surface area contributed by atoms with E-state index in [-0.39, 0.29) is 15.8 Å². The number of alkyl halides is 3. The molecule has 0 unspecified atom stereocenters. The highest BCUT2D eigenvalue weighted by Crippen LogP contribution is 2.36. The van der Waals surface area contributed by atoms with Gasteiger partial charge in [0.25, 0.3) is 5.69 Å². The van der Waals surface area contributed by atoms with Crippen molar-refractivity contribution in [2.24, 2.45) is 0 Å². The largest absolute Gasteiger partial charge is 0.417 e. The number of anilines is 1. The molecule has 0 heterocycles. The summed E-state index contributed by atoms with van der Waals surface area (Å²) in [5.74, 6) is -0.631. The Bertz CT molecular complexity index is 834. The van der Waals surface area contributed by atoms with Gasteiger partial charge in [0.05, 0.1) is 10.5 Å². The molecule has 0 bridgehead atoms. The summed E-state index contributed by atoms with van der Waals surface area (Å²) in [5, 5.41) is 12.9. The standard InChI is InChI=1S/C16H10BrF3N2O3/c17-14-7-4-11(9-13(14)16(18,19)20)21-15(23)8-3-10-1-5-12(6-2-10)22(24)25/h1-9H,(H,21,23)/b8-3+. The molecule has 0 radical (unpaired) electrons. The number of halogens is 4. The van der Waals surface area contributed by atoms with Crippen LogP contribution >= 0.6 is 15.9 Å². The second kappa shape index (κ2) is 7.47. The van der Waals surface area contributed by atoms with Gasteiger partial charge in [-0.3, -0.25) is 14.9 Å². The molecule has 2 aromatic carbocycles. The third-order valence-electron chi connectivity index (χ3n) is 3.07. The molecular weight excluding hydrogens is 405 g/mol. The number of rotatable bonds is 4. The minimum atomic E-state index is -4.55. The average Bonchev–Trinajstić information content (AvgIpc) is 2.54. The van der Waals surface area contributed by atoms with Gasteiger partial charge in [0.2, 0.25) is 5.91 Å². The number of hydrogen-bond acceptors (Lipinski definition) is 3. The lowest BCUT2D eigenvalue weighted by molar-refractivity contribution is -0.384. The summed E-state index contributed by atoms with van der Waals surface area (Å²) < 4.78 is 38.3. The van der Waals surface area contributed by atoms with Gasteiger partial charge < -0.3 is 5.32 Å². The number of benzene rings is 2. The van der Waals surface area contributed by atoms with E-state index < -0.39 is 22.6 Å². The molecule has 0 aromatic heterocycles. The fourth-order valence-electron chi connectivity index (χ4n) is 1.88. The van der Waals surface area contributed by atoms with Crippen LogP contribution in [0.2, 0.25) is 0 Å². The van der Waals surface area contributed by atoms with Crippen molar-refractivity contribution in [2.45, 2.75) is 6.18 Å². The second-order valence-electron chi connectivity index (χ2n) is 4.86. The quantitative estimate of drug-likeness (QED) is 0.433. The first kappa shape index (κ1) is 18.7. The van der Waals surface area contributed by atoms with Gasteiger partial charge >= 0.3 is 6.18 Å². The first-order valence-electron chi connectivity index (χ1n) is 6.77. The molecule has 0 atom stereocenters. The molecule has 25 heavy (non-hydrogen) atoms. The van der Waals surface area contributed by atoms with Gasteiger partial charge in [-0.1, -0.05) is 15.9 Å². The van der Waals surface area contributed by atoms with Gasteiger partial charge in [-0.05, 0) is 42.0 Å². The van der Waals surface area contributed by atoms with Crippen LogP contribution in [0.1, 0.15) is 11.1 Å². The second-order valence-corrected chi connectivity index (χ2v) is 5.72. The molecule has 0 fully saturated rings. The Kier molecular flexibility index (Phi) is 5.58. The van der Waals surface area contributed by atoms with Crippen molar-refractivity contribution in [3.8, 4) is 0 Å². The lowest BCUT2D eigenvalue weighted by Gasteiger charge is -2.11. The fraction of sp³-hybridized carbons (Fsp3) is 0.0625. The van der Waals surface area contributed by atoms with E-state index in [2.05, 4.69) is 21.2 Å². The number of nitrogens with zero attached hydrogens (tertiary/aromatic N) is 1. The van der Waals surface area contributed by atoms with Crippen molar-refractivity contribution in [1.29, 1.82) is 0 Å². The summed E-state index contributed by atoms with van der Waals surface area (Å²) in [4.78, 5) is 21.8. The number of nitro benzene ring substituents is 1. The van der Waals surface area contributed by atoms with E-state index in [1.165, 1.54) is 42.5 Å². The van der Waals surface area contributed by atoms with E-state index >= 15 is 0 Å². The number of nitrogens with one attached hydrogen (secondary N) is 1. The Morgan fingerprint density at radius 1 is 1.16 bits per heavy atom. The molecule has 0 saturated heterocycles. The zero-order valence-corrected chi connectivity index (χ0v) is 14.0. The first-order valence-corrected chi connectivity index (χ1v) is 7.56. The summed E-state index contributed by atoms with van der Waals surface area (Å²) in [6.07, 6.45) is -2.03. The Morgan fingerprint density at radius 3 is 2.36 bits per heavy atom. The van der Waals surface area contributed by atoms with Crippen LogP contribution < -0.4 is 5.32 Å². The first-order chi connectivity index (χ1) is 11.7. The van der Waals surface area contributed by atoms with Crippen molar-refractivity contribution in [2.75, 3.05) is 5.32 Å². The fourth-order valence-corrected chi connectivity index (χ4v) is 2.35. The van der Waals surface area contributed by atoms with Crippen LogP contribution in [0, 0.1) is 10.1 Å². The maximum absolute atomic E-state index is 12.8. The van der Waals surface area contributed by atoms with Gasteiger partial charge in [-0.15, -0.1) is 0 Å². The Labute approximate surface area is 148 Å². The van der Waals surface area contributed by atoms with Crippen molar-refractivity contribution < 1.29 is 22.9 Å². The van der Waals surface area contributed by atoms with E-state index in [0.717, 1.165) is 12.1 Å². The Balaban J connectivity index is 2.08. The summed E-state index contributed by atoms with van der Waals surface area (Å²) in [7, 11) is 0. The van der Waals surface area contributed by atoms with Crippen LogP contribution in [-0.4, -0.2) is 10.8 Å². The van der Waals surface area contributed by atoms with Gasteiger partial charge in [-0.25, -0.2) is 0 Å². The molecule has 9 heteroatoms. The summed E-state index contributed by atoms with van der Waals surface area (Å²) >= 11 is 2.82. The van der Waals surface area contributed by atoms with Crippen LogP contribution in [0.15, 0.2) is 53.0 Å². The molecule has 5 nitrogen and oxygen atoms in total. The molecule has 1 N–H and O–H groups in total. The molecular formula is C16H10BrF3N2O3. The highest BCUT2D eigenvalue weighted by molar-refractivity contribution is 9.10. The Hall–Kier alpha value is -2.68. The van der Waals surface area contributed by atoms with E-state index in [1.807, 2.05) is 0 Å². The minimum absolute atomic E-state index is 0.00567. The van der Waals surface area contributed by atoms with Gasteiger partial charge in [-0.2, -0.15) is 13.2 Å². The highest BCUT2D eigenvalue weighted by Gasteiger charge is 2.33. The molecule has 2 rings (SSSR count). The predicted molar refractivity (Wildman–Crippen MR) is 89.9 cm³/mol. The number of nitro groups is 1. The van der Waals surface area contributed by atoms with E-state index in [4.69, 9.17) is 0 Å². The molecule has 0 aliphatic heterocycles. The number of carbonyl (C=O) groups is 1. The number of carbonyl (C=O) groups excluding carboxylic acids is 1. The van der Waals surface area contributed by atoms with Gasteiger partial charge in [0, 0.05) is 28.4 Å². The van der Waals surface area contributed by atoms with Crippen molar-refractivity contribution in [1.82, 2.24) is 0 Å². The van der Waals surface area contributed by atoms with Gasteiger partial charge in [0.1, 0.15) is 0 Å². The smallest absolute Gasteiger partial charge is 0.322 e. The molecule has 1 amide bonds. The lowest BCUT2D eigenvalue weighted by atomic mass is 10.2. The lowest BCUT2D eigenvalue weighted by Crippen LogP contribution is -2.11. The average molecular weight is 415 g/mol. The van der Waals surface area contributed by atoms with E-state index in [1.54, 1.807) is 0 Å². The van der Waals surface area contributed by atoms with Crippen LogP contribution in [0.25, 0.3) is 6.08 Å². The molecule has 2 aromatic rings. The number of amides is 1. The van der Waals surface area contributed by atoms with Crippen LogP contribution in [-0.2, 0) is 11.0 Å². The summed E-state index contributed by atoms with van der Waals surface area (Å²) in [6.45, 7) is 0. The monoisotopic (exact) mass is 414 g/mol. The maximum atomic E-state index is 12.8. The third kappa shape index (κ3) is 5.15. The Morgan fingerprint density at radius 2 is 1.80 bits per heavy atom. The summed E-state index contributed by atoms with van der Waals surface area (Å²) in [6, 6.07) is 8.80. The summed E-state index contributed by atoms with van der Waals surface area (Å²) in [5.41, 5.74) is -0.456. The zero-order chi connectivity index (χ0) is 18.6. The van der Waals surface area contributed by atoms with E-state index in [9.17, 15) is 28.1 Å².